The maximum atomic E-state index is 5.39. The predicted molar refractivity (Wildman–Crippen MR) is 94.6 cm³/mol. The van der Waals surface area contributed by atoms with Crippen molar-refractivity contribution < 1.29 is 9.47 Å². The zero-order valence-corrected chi connectivity index (χ0v) is 15.7. The Bertz CT molecular complexity index is 443. The molecule has 21 heavy (non-hydrogen) atoms. The second-order valence-corrected chi connectivity index (χ2v) is 5.54. The first-order valence-corrected chi connectivity index (χ1v) is 7.33. The average Bonchev–Trinajstić information content (AvgIpc) is 2.47. The molecule has 1 atom stereocenters. The summed E-state index contributed by atoms with van der Waals surface area (Å²) in [6.45, 7) is 6.48. The van der Waals surface area contributed by atoms with E-state index in [4.69, 9.17) is 9.47 Å². The number of ether oxygens (including phenoxy) is 2. The van der Waals surface area contributed by atoms with Crippen LogP contribution in [0, 0.1) is 0 Å². The Morgan fingerprint density at radius 2 is 1.62 bits per heavy atom. The zero-order chi connectivity index (χ0) is 13.8. The first-order chi connectivity index (χ1) is 9.17. The lowest BCUT2D eigenvalue weighted by molar-refractivity contribution is 0.184. The Labute approximate surface area is 147 Å². The standard InChI is InChI=1S/C14H21BrN2O2.2ClH/c1-10(17-6-4-16-5-7-17)11-8-13(18-2)14(19-3)9-12(11)15;;/h8-10,16H,4-7H2,1-3H3;2*1H/t10-;;/m1../s1. The lowest BCUT2D eigenvalue weighted by Crippen LogP contribution is -2.44. The van der Waals surface area contributed by atoms with Crippen LogP contribution in [0.3, 0.4) is 0 Å². The first kappa shape index (κ1) is 20.8. The number of piperazine rings is 1. The second-order valence-electron chi connectivity index (χ2n) is 4.69. The van der Waals surface area contributed by atoms with Crippen molar-refractivity contribution in [1.82, 2.24) is 10.2 Å². The Kier molecular flexibility index (Phi) is 9.65. The van der Waals surface area contributed by atoms with Gasteiger partial charge in [0.15, 0.2) is 11.5 Å². The maximum Gasteiger partial charge on any atom is 0.161 e. The molecule has 1 aliphatic rings. The summed E-state index contributed by atoms with van der Waals surface area (Å²) in [7, 11) is 3.33. The van der Waals surface area contributed by atoms with Crippen molar-refractivity contribution in [2.24, 2.45) is 0 Å². The van der Waals surface area contributed by atoms with Gasteiger partial charge in [-0.3, -0.25) is 4.90 Å². The van der Waals surface area contributed by atoms with Crippen molar-refractivity contribution in [3.8, 4) is 11.5 Å². The summed E-state index contributed by atoms with van der Waals surface area (Å²) in [5.41, 5.74) is 1.24. The van der Waals surface area contributed by atoms with Crippen molar-refractivity contribution in [3.05, 3.63) is 22.2 Å². The minimum atomic E-state index is 0. The van der Waals surface area contributed by atoms with E-state index < -0.39 is 0 Å². The van der Waals surface area contributed by atoms with Gasteiger partial charge in [-0.15, -0.1) is 24.8 Å². The predicted octanol–water partition coefficient (Wildman–Crippen LogP) is 3.28. The Balaban J connectivity index is 0.00000200. The molecule has 4 nitrogen and oxygen atoms in total. The smallest absolute Gasteiger partial charge is 0.161 e. The molecule has 2 rings (SSSR count). The molecular formula is C14H23BrCl2N2O2. The van der Waals surface area contributed by atoms with Gasteiger partial charge in [-0.1, -0.05) is 15.9 Å². The fourth-order valence-electron chi connectivity index (χ4n) is 2.46. The van der Waals surface area contributed by atoms with Crippen LogP contribution in [-0.2, 0) is 0 Å². The van der Waals surface area contributed by atoms with Crippen LogP contribution >= 0.6 is 40.7 Å². The van der Waals surface area contributed by atoms with Gasteiger partial charge in [0.05, 0.1) is 14.2 Å². The minimum Gasteiger partial charge on any atom is -0.493 e. The molecule has 1 saturated heterocycles. The minimum absolute atomic E-state index is 0. The summed E-state index contributed by atoms with van der Waals surface area (Å²) in [6, 6.07) is 4.40. The van der Waals surface area contributed by atoms with E-state index in [9.17, 15) is 0 Å². The van der Waals surface area contributed by atoms with E-state index in [1.165, 1.54) is 5.56 Å². The van der Waals surface area contributed by atoms with Gasteiger partial charge in [0, 0.05) is 36.7 Å². The summed E-state index contributed by atoms with van der Waals surface area (Å²) < 4.78 is 11.8. The first-order valence-electron chi connectivity index (χ1n) is 6.53. The second kappa shape index (κ2) is 9.74. The Hall–Kier alpha value is -0.200. The highest BCUT2D eigenvalue weighted by molar-refractivity contribution is 9.10. The van der Waals surface area contributed by atoms with Gasteiger partial charge >= 0.3 is 0 Å². The molecule has 0 spiro atoms. The van der Waals surface area contributed by atoms with Gasteiger partial charge < -0.3 is 14.8 Å². The Morgan fingerprint density at radius 1 is 1.10 bits per heavy atom. The van der Waals surface area contributed by atoms with Gasteiger partial charge in [-0.25, -0.2) is 0 Å². The van der Waals surface area contributed by atoms with Crippen molar-refractivity contribution in [1.29, 1.82) is 0 Å². The van der Waals surface area contributed by atoms with Crippen LogP contribution in [0.4, 0.5) is 0 Å². The van der Waals surface area contributed by atoms with Crippen LogP contribution < -0.4 is 14.8 Å². The number of hydrogen-bond acceptors (Lipinski definition) is 4. The van der Waals surface area contributed by atoms with E-state index in [-0.39, 0.29) is 24.8 Å². The molecular weight excluding hydrogens is 379 g/mol. The lowest BCUT2D eigenvalue weighted by Gasteiger charge is -2.33. The fourth-order valence-corrected chi connectivity index (χ4v) is 3.11. The molecule has 122 valence electrons. The highest BCUT2D eigenvalue weighted by Crippen LogP contribution is 2.37. The molecule has 1 fully saturated rings. The number of halogens is 3. The number of nitrogens with one attached hydrogen (secondary N) is 1. The molecule has 1 aromatic rings. The van der Waals surface area contributed by atoms with Gasteiger partial charge in [0.2, 0.25) is 0 Å². The third kappa shape index (κ3) is 4.89. The van der Waals surface area contributed by atoms with E-state index >= 15 is 0 Å². The number of hydrogen-bond donors (Lipinski definition) is 1. The summed E-state index contributed by atoms with van der Waals surface area (Å²) >= 11 is 3.64. The molecule has 0 aliphatic carbocycles. The van der Waals surface area contributed by atoms with E-state index in [1.54, 1.807) is 14.2 Å². The van der Waals surface area contributed by atoms with Crippen molar-refractivity contribution in [2.45, 2.75) is 13.0 Å². The van der Waals surface area contributed by atoms with E-state index in [1.807, 2.05) is 6.07 Å². The topological polar surface area (TPSA) is 33.7 Å². The fraction of sp³-hybridized carbons (Fsp3) is 0.571. The van der Waals surface area contributed by atoms with E-state index in [0.717, 1.165) is 42.2 Å². The van der Waals surface area contributed by atoms with E-state index in [0.29, 0.717) is 6.04 Å². The van der Waals surface area contributed by atoms with Crippen LogP contribution in [0.5, 0.6) is 11.5 Å². The van der Waals surface area contributed by atoms with Crippen LogP contribution in [0.25, 0.3) is 0 Å². The largest absolute Gasteiger partial charge is 0.493 e. The van der Waals surface area contributed by atoms with Gasteiger partial charge in [-0.05, 0) is 24.6 Å². The molecule has 1 heterocycles. The molecule has 0 aromatic heterocycles. The monoisotopic (exact) mass is 400 g/mol. The van der Waals surface area contributed by atoms with Crippen LogP contribution in [0.1, 0.15) is 18.5 Å². The van der Waals surface area contributed by atoms with Gasteiger partial charge in [0.25, 0.3) is 0 Å². The van der Waals surface area contributed by atoms with Gasteiger partial charge in [-0.2, -0.15) is 0 Å². The molecule has 1 aliphatic heterocycles. The molecule has 1 N–H and O–H groups in total. The highest BCUT2D eigenvalue weighted by Gasteiger charge is 2.21. The summed E-state index contributed by atoms with van der Waals surface area (Å²) in [5, 5.41) is 3.38. The average molecular weight is 402 g/mol. The van der Waals surface area contributed by atoms with Crippen molar-refractivity contribution >= 4 is 40.7 Å². The maximum absolute atomic E-state index is 5.39. The molecule has 0 radical (unpaired) electrons. The number of rotatable bonds is 4. The quantitative estimate of drug-likeness (QED) is 0.839. The molecule has 7 heteroatoms. The lowest BCUT2D eigenvalue weighted by atomic mass is 10.1. The van der Waals surface area contributed by atoms with Crippen molar-refractivity contribution in [2.75, 3.05) is 40.4 Å². The highest BCUT2D eigenvalue weighted by atomic mass is 79.9. The van der Waals surface area contributed by atoms with Gasteiger partial charge in [0.1, 0.15) is 0 Å². The number of nitrogens with zero attached hydrogens (tertiary/aromatic N) is 1. The molecule has 1 aromatic carbocycles. The normalized spacial score (nSPS) is 16.4. The van der Waals surface area contributed by atoms with E-state index in [2.05, 4.69) is 39.1 Å². The molecule has 0 unspecified atom stereocenters. The number of methoxy groups -OCH3 is 2. The summed E-state index contributed by atoms with van der Waals surface area (Å²) in [5.74, 6) is 1.54. The summed E-state index contributed by atoms with van der Waals surface area (Å²) in [6.07, 6.45) is 0. The summed E-state index contributed by atoms with van der Waals surface area (Å²) in [4.78, 5) is 2.47. The van der Waals surface area contributed by atoms with Crippen molar-refractivity contribution in [3.63, 3.8) is 0 Å². The van der Waals surface area contributed by atoms with Crippen LogP contribution in [0.2, 0.25) is 0 Å². The SMILES string of the molecule is COc1cc(Br)c([C@@H](C)N2CCNCC2)cc1OC.Cl.Cl. The molecule has 0 saturated carbocycles. The Morgan fingerprint density at radius 3 is 2.14 bits per heavy atom. The van der Waals surface area contributed by atoms with Crippen LogP contribution in [0.15, 0.2) is 16.6 Å². The number of benzene rings is 1. The third-order valence-corrected chi connectivity index (χ3v) is 4.34. The molecule has 0 bridgehead atoms. The zero-order valence-electron chi connectivity index (χ0n) is 12.5. The molecule has 0 amide bonds. The third-order valence-electron chi connectivity index (χ3n) is 3.65. The van der Waals surface area contributed by atoms with Crippen LogP contribution in [-0.4, -0.2) is 45.3 Å².